The van der Waals surface area contributed by atoms with E-state index in [1.54, 1.807) is 0 Å². The van der Waals surface area contributed by atoms with E-state index in [1.807, 2.05) is 0 Å². The Morgan fingerprint density at radius 3 is 2.89 bits per heavy atom. The topological polar surface area (TPSA) is 66.8 Å². The summed E-state index contributed by atoms with van der Waals surface area (Å²) >= 11 is 1.37. The van der Waals surface area contributed by atoms with Crippen LogP contribution in [0.3, 0.4) is 0 Å². The number of nitrogens with zero attached hydrogens (tertiary/aromatic N) is 1. The van der Waals surface area contributed by atoms with Crippen molar-refractivity contribution in [3.63, 3.8) is 0 Å². The van der Waals surface area contributed by atoms with E-state index >= 15 is 0 Å². The van der Waals surface area contributed by atoms with Crippen molar-refractivity contribution in [3.8, 4) is 5.75 Å². The third kappa shape index (κ3) is 2.65. The molecule has 1 saturated heterocycles. The van der Waals surface area contributed by atoms with Crippen molar-refractivity contribution in [3.05, 3.63) is 29.6 Å². The molecule has 1 atom stereocenters. The van der Waals surface area contributed by atoms with Gasteiger partial charge >= 0.3 is 5.97 Å². The summed E-state index contributed by atoms with van der Waals surface area (Å²) in [5.74, 6) is -1.40. The first-order chi connectivity index (χ1) is 9.04. The van der Waals surface area contributed by atoms with Crippen LogP contribution in [0.25, 0.3) is 0 Å². The minimum absolute atomic E-state index is 0.0374. The Bertz CT molecular complexity index is 522. The van der Waals surface area contributed by atoms with Crippen LogP contribution in [0.5, 0.6) is 5.75 Å². The third-order valence-electron chi connectivity index (χ3n) is 2.83. The smallest absolute Gasteiger partial charge is 0.327 e. The van der Waals surface area contributed by atoms with Crippen LogP contribution in [-0.4, -0.2) is 46.7 Å². The molecule has 19 heavy (non-hydrogen) atoms. The maximum absolute atomic E-state index is 13.3. The SMILES string of the molecule is COc1cc(C(=O)N2CSC[C@H]2C(=O)O)ccc1F. The number of thioether (sulfide) groups is 1. The normalized spacial score (nSPS) is 18.4. The van der Waals surface area contributed by atoms with Crippen LogP contribution < -0.4 is 4.74 Å². The molecule has 7 heteroatoms. The lowest BCUT2D eigenvalue weighted by Gasteiger charge is -2.20. The molecule has 5 nitrogen and oxygen atoms in total. The maximum Gasteiger partial charge on any atom is 0.327 e. The molecule has 0 aliphatic carbocycles. The molecule has 1 aliphatic rings. The fourth-order valence-corrected chi connectivity index (χ4v) is 2.95. The molecule has 0 aromatic heterocycles. The summed E-state index contributed by atoms with van der Waals surface area (Å²) in [5.41, 5.74) is 0.215. The molecular weight excluding hydrogens is 273 g/mol. The Hall–Kier alpha value is -1.76. The molecule has 1 aromatic rings. The van der Waals surface area contributed by atoms with Gasteiger partial charge in [0.1, 0.15) is 6.04 Å². The Morgan fingerprint density at radius 1 is 1.53 bits per heavy atom. The van der Waals surface area contributed by atoms with Gasteiger partial charge in [-0.15, -0.1) is 11.8 Å². The second-order valence-corrected chi connectivity index (χ2v) is 4.98. The predicted octanol–water partition coefficient (Wildman–Crippen LogP) is 1.43. The molecule has 1 aromatic carbocycles. The standard InChI is InChI=1S/C12H12FNO4S/c1-18-10-4-7(2-3-8(10)13)11(15)14-6-19-5-9(14)12(16)17/h2-4,9H,5-6H2,1H3,(H,16,17)/t9-/m0/s1. The van der Waals surface area contributed by atoms with E-state index in [2.05, 4.69) is 0 Å². The quantitative estimate of drug-likeness (QED) is 0.910. The van der Waals surface area contributed by atoms with Gasteiger partial charge in [0.15, 0.2) is 11.6 Å². The van der Waals surface area contributed by atoms with Crippen LogP contribution in [0.2, 0.25) is 0 Å². The van der Waals surface area contributed by atoms with Crippen molar-refractivity contribution in [1.82, 2.24) is 4.90 Å². The Kier molecular flexibility index (Phi) is 3.94. The van der Waals surface area contributed by atoms with Crippen LogP contribution in [-0.2, 0) is 4.79 Å². The van der Waals surface area contributed by atoms with E-state index in [-0.39, 0.29) is 11.3 Å². The number of ether oxygens (including phenoxy) is 1. The molecule has 1 N–H and O–H groups in total. The summed E-state index contributed by atoms with van der Waals surface area (Å²) in [4.78, 5) is 24.5. The largest absolute Gasteiger partial charge is 0.494 e. The van der Waals surface area contributed by atoms with Crippen molar-refractivity contribution >= 4 is 23.6 Å². The van der Waals surface area contributed by atoms with Crippen LogP contribution in [0.1, 0.15) is 10.4 Å². The summed E-state index contributed by atoms with van der Waals surface area (Å²) < 4.78 is 18.1. The van der Waals surface area contributed by atoms with Crippen LogP contribution >= 0.6 is 11.8 Å². The number of hydrogen-bond donors (Lipinski definition) is 1. The molecule has 2 rings (SSSR count). The second kappa shape index (κ2) is 5.48. The number of carboxylic acids is 1. The van der Waals surface area contributed by atoms with E-state index in [4.69, 9.17) is 9.84 Å². The van der Waals surface area contributed by atoms with Crippen LogP contribution in [0.4, 0.5) is 4.39 Å². The number of benzene rings is 1. The minimum atomic E-state index is -1.03. The fourth-order valence-electron chi connectivity index (χ4n) is 1.81. The summed E-state index contributed by atoms with van der Waals surface area (Å²) in [6, 6.07) is 2.89. The molecule has 1 fully saturated rings. The fraction of sp³-hybridized carbons (Fsp3) is 0.333. The highest BCUT2D eigenvalue weighted by atomic mass is 32.2. The zero-order chi connectivity index (χ0) is 14.0. The van der Waals surface area contributed by atoms with Crippen molar-refractivity contribution in [2.45, 2.75) is 6.04 Å². The van der Waals surface area contributed by atoms with Crippen LogP contribution in [0.15, 0.2) is 18.2 Å². The Labute approximate surface area is 113 Å². The minimum Gasteiger partial charge on any atom is -0.494 e. The Balaban J connectivity index is 2.26. The molecule has 1 amide bonds. The van der Waals surface area contributed by atoms with Crippen LogP contribution in [0, 0.1) is 5.82 Å². The molecular formula is C12H12FNO4S. The monoisotopic (exact) mass is 285 g/mol. The molecule has 0 radical (unpaired) electrons. The summed E-state index contributed by atoms with van der Waals surface area (Å²) in [6.07, 6.45) is 0. The number of methoxy groups -OCH3 is 1. The van der Waals surface area contributed by atoms with Gasteiger partial charge in [-0.1, -0.05) is 0 Å². The maximum atomic E-state index is 13.3. The average molecular weight is 285 g/mol. The van der Waals surface area contributed by atoms with Gasteiger partial charge in [0, 0.05) is 11.3 Å². The number of carbonyl (C=O) groups is 2. The van der Waals surface area contributed by atoms with Gasteiger partial charge in [-0.2, -0.15) is 0 Å². The lowest BCUT2D eigenvalue weighted by molar-refractivity contribution is -0.140. The van der Waals surface area contributed by atoms with Gasteiger partial charge in [-0.3, -0.25) is 4.79 Å². The molecule has 0 unspecified atom stereocenters. The van der Waals surface area contributed by atoms with E-state index < -0.39 is 23.7 Å². The highest BCUT2D eigenvalue weighted by Gasteiger charge is 2.35. The highest BCUT2D eigenvalue weighted by molar-refractivity contribution is 7.99. The molecule has 1 heterocycles. The summed E-state index contributed by atoms with van der Waals surface area (Å²) in [6.45, 7) is 0. The first-order valence-electron chi connectivity index (χ1n) is 5.49. The predicted molar refractivity (Wildman–Crippen MR) is 67.9 cm³/mol. The van der Waals surface area contributed by atoms with E-state index in [0.29, 0.717) is 11.6 Å². The van der Waals surface area contributed by atoms with Crippen molar-refractivity contribution in [2.24, 2.45) is 0 Å². The number of amides is 1. The van der Waals surface area contributed by atoms with Gasteiger partial charge in [0.25, 0.3) is 5.91 Å². The molecule has 1 aliphatic heterocycles. The van der Waals surface area contributed by atoms with Crippen molar-refractivity contribution in [1.29, 1.82) is 0 Å². The first-order valence-corrected chi connectivity index (χ1v) is 6.65. The Morgan fingerprint density at radius 2 is 2.26 bits per heavy atom. The molecule has 0 spiro atoms. The van der Waals surface area contributed by atoms with Gasteiger partial charge in [0.05, 0.1) is 13.0 Å². The lowest BCUT2D eigenvalue weighted by Crippen LogP contribution is -2.41. The van der Waals surface area contributed by atoms with E-state index in [1.165, 1.54) is 35.9 Å². The van der Waals surface area contributed by atoms with Gasteiger partial charge in [-0.05, 0) is 18.2 Å². The third-order valence-corrected chi connectivity index (χ3v) is 3.84. The first kappa shape index (κ1) is 13.7. The number of carbonyl (C=O) groups excluding carboxylic acids is 1. The number of rotatable bonds is 3. The highest BCUT2D eigenvalue weighted by Crippen LogP contribution is 2.25. The van der Waals surface area contributed by atoms with Gasteiger partial charge in [0.2, 0.25) is 0 Å². The summed E-state index contributed by atoms with van der Waals surface area (Å²) in [5, 5.41) is 9.03. The average Bonchev–Trinajstić information content (AvgIpc) is 2.87. The molecule has 102 valence electrons. The number of carboxylic acid groups (broad SMARTS) is 1. The van der Waals surface area contributed by atoms with Crippen molar-refractivity contribution < 1.29 is 23.8 Å². The zero-order valence-corrected chi connectivity index (χ0v) is 10.9. The lowest BCUT2D eigenvalue weighted by atomic mass is 10.1. The second-order valence-electron chi connectivity index (χ2n) is 3.98. The summed E-state index contributed by atoms with van der Waals surface area (Å²) in [7, 11) is 1.30. The molecule has 0 saturated carbocycles. The zero-order valence-electron chi connectivity index (χ0n) is 10.1. The van der Waals surface area contributed by atoms with E-state index in [0.717, 1.165) is 6.07 Å². The van der Waals surface area contributed by atoms with Gasteiger partial charge < -0.3 is 14.7 Å². The van der Waals surface area contributed by atoms with Gasteiger partial charge in [-0.25, -0.2) is 9.18 Å². The van der Waals surface area contributed by atoms with Crippen molar-refractivity contribution in [2.75, 3.05) is 18.7 Å². The number of aliphatic carboxylic acids is 1. The molecule has 0 bridgehead atoms. The number of halogens is 1. The van der Waals surface area contributed by atoms with E-state index in [9.17, 15) is 14.0 Å². The number of hydrogen-bond acceptors (Lipinski definition) is 4.